The molecule has 126 valence electrons. The zero-order valence-electron chi connectivity index (χ0n) is 13.9. The van der Waals surface area contributed by atoms with Crippen LogP contribution in [-0.2, 0) is 0 Å². The van der Waals surface area contributed by atoms with Crippen LogP contribution in [-0.4, -0.2) is 10.8 Å². The van der Waals surface area contributed by atoms with Crippen LogP contribution >= 0.6 is 22.9 Å². The third-order valence-corrected chi connectivity index (χ3v) is 5.12. The van der Waals surface area contributed by atoms with E-state index in [0.29, 0.717) is 9.90 Å². The third-order valence-electron chi connectivity index (χ3n) is 3.65. The standard InChI is InChI=1S/C20H17ClN2OS/c1-13-3-9-17(10-4-13)22-12-11-18(24)19-14(2)23-20(25-19)15-5-7-16(21)8-6-15/h3-12,22H,1-2H3. The Morgan fingerprint density at radius 2 is 1.76 bits per heavy atom. The van der Waals surface area contributed by atoms with E-state index in [1.54, 1.807) is 6.20 Å². The van der Waals surface area contributed by atoms with E-state index >= 15 is 0 Å². The van der Waals surface area contributed by atoms with Crippen molar-refractivity contribution in [3.05, 3.63) is 82.0 Å². The first-order valence-electron chi connectivity index (χ1n) is 7.80. The molecular formula is C20H17ClN2OS. The number of hydrogen-bond acceptors (Lipinski definition) is 4. The van der Waals surface area contributed by atoms with Gasteiger partial charge in [0.25, 0.3) is 0 Å². The van der Waals surface area contributed by atoms with Crippen LogP contribution in [0.5, 0.6) is 0 Å². The maximum Gasteiger partial charge on any atom is 0.199 e. The molecule has 1 N–H and O–H groups in total. The zero-order valence-corrected chi connectivity index (χ0v) is 15.5. The van der Waals surface area contributed by atoms with Gasteiger partial charge in [0.1, 0.15) is 5.01 Å². The molecule has 0 aliphatic rings. The fourth-order valence-corrected chi connectivity index (χ4v) is 3.40. The number of halogens is 1. The molecule has 0 bridgehead atoms. The molecule has 0 unspecified atom stereocenters. The van der Waals surface area contributed by atoms with Crippen LogP contribution in [0.25, 0.3) is 10.6 Å². The fourth-order valence-electron chi connectivity index (χ4n) is 2.28. The van der Waals surface area contributed by atoms with Crippen LogP contribution in [0.4, 0.5) is 5.69 Å². The minimum absolute atomic E-state index is 0.0603. The summed E-state index contributed by atoms with van der Waals surface area (Å²) in [5.74, 6) is -0.0603. The summed E-state index contributed by atoms with van der Waals surface area (Å²) in [6, 6.07) is 15.4. The highest BCUT2D eigenvalue weighted by Gasteiger charge is 2.14. The van der Waals surface area contributed by atoms with Crippen LogP contribution in [0.3, 0.4) is 0 Å². The fraction of sp³-hybridized carbons (Fsp3) is 0.100. The molecular weight excluding hydrogens is 352 g/mol. The minimum Gasteiger partial charge on any atom is -0.362 e. The molecule has 0 aliphatic carbocycles. The van der Waals surface area contributed by atoms with Crippen molar-refractivity contribution >= 4 is 34.4 Å². The Balaban J connectivity index is 1.72. The monoisotopic (exact) mass is 368 g/mol. The van der Waals surface area contributed by atoms with Gasteiger partial charge in [-0.2, -0.15) is 0 Å². The number of carbonyl (C=O) groups is 1. The van der Waals surface area contributed by atoms with Gasteiger partial charge < -0.3 is 5.32 Å². The Labute approximate surface area is 156 Å². The van der Waals surface area contributed by atoms with Crippen molar-refractivity contribution in [2.24, 2.45) is 0 Å². The highest BCUT2D eigenvalue weighted by Crippen LogP contribution is 2.29. The molecule has 0 spiro atoms. The average molecular weight is 369 g/mol. The van der Waals surface area contributed by atoms with Crippen molar-refractivity contribution < 1.29 is 4.79 Å². The Hall–Kier alpha value is -2.43. The number of hydrogen-bond donors (Lipinski definition) is 1. The maximum atomic E-state index is 12.4. The Morgan fingerprint density at radius 3 is 2.44 bits per heavy atom. The molecule has 0 radical (unpaired) electrons. The van der Waals surface area contributed by atoms with Crippen LogP contribution in [0, 0.1) is 13.8 Å². The lowest BCUT2D eigenvalue weighted by atomic mass is 10.2. The first-order valence-corrected chi connectivity index (χ1v) is 9.00. The molecule has 0 saturated heterocycles. The molecule has 1 aromatic heterocycles. The van der Waals surface area contributed by atoms with Gasteiger partial charge in [0.2, 0.25) is 0 Å². The van der Waals surface area contributed by atoms with Crippen molar-refractivity contribution in [3.63, 3.8) is 0 Å². The number of anilines is 1. The van der Waals surface area contributed by atoms with Crippen molar-refractivity contribution in [1.82, 2.24) is 4.98 Å². The highest BCUT2D eigenvalue weighted by molar-refractivity contribution is 7.17. The topological polar surface area (TPSA) is 42.0 Å². The van der Waals surface area contributed by atoms with Crippen LogP contribution < -0.4 is 5.32 Å². The number of benzene rings is 2. The lowest BCUT2D eigenvalue weighted by Crippen LogP contribution is -1.95. The second-order valence-corrected chi connectivity index (χ2v) is 7.08. The van der Waals surface area contributed by atoms with E-state index in [-0.39, 0.29) is 5.78 Å². The number of ketones is 1. The number of aryl methyl sites for hydroxylation is 2. The van der Waals surface area contributed by atoms with Crippen molar-refractivity contribution in [2.45, 2.75) is 13.8 Å². The number of carbonyl (C=O) groups excluding carboxylic acids is 1. The molecule has 1 heterocycles. The van der Waals surface area contributed by atoms with Gasteiger partial charge in [-0.1, -0.05) is 41.4 Å². The number of rotatable bonds is 5. The van der Waals surface area contributed by atoms with E-state index in [1.807, 2.05) is 62.4 Å². The van der Waals surface area contributed by atoms with Crippen LogP contribution in [0.15, 0.2) is 60.8 Å². The van der Waals surface area contributed by atoms with E-state index in [0.717, 1.165) is 22.0 Å². The number of nitrogens with zero attached hydrogens (tertiary/aromatic N) is 1. The van der Waals surface area contributed by atoms with Gasteiger partial charge in [0.15, 0.2) is 5.78 Å². The first-order chi connectivity index (χ1) is 12.0. The molecule has 25 heavy (non-hydrogen) atoms. The summed E-state index contributed by atoms with van der Waals surface area (Å²) < 4.78 is 0. The summed E-state index contributed by atoms with van der Waals surface area (Å²) in [4.78, 5) is 17.6. The SMILES string of the molecule is Cc1ccc(NC=CC(=O)c2sc(-c3ccc(Cl)cc3)nc2C)cc1. The molecule has 0 aliphatic heterocycles. The van der Waals surface area contributed by atoms with E-state index in [4.69, 9.17) is 11.6 Å². The number of nitrogens with one attached hydrogen (secondary N) is 1. The number of thiazole rings is 1. The Morgan fingerprint density at radius 1 is 1.08 bits per heavy atom. The first kappa shape index (κ1) is 17.4. The Kier molecular flexibility index (Phi) is 5.31. The minimum atomic E-state index is -0.0603. The smallest absolute Gasteiger partial charge is 0.199 e. The van der Waals surface area contributed by atoms with E-state index in [9.17, 15) is 4.79 Å². The molecule has 3 aromatic rings. The average Bonchev–Trinajstić information content (AvgIpc) is 2.99. The maximum absolute atomic E-state index is 12.4. The molecule has 3 nitrogen and oxygen atoms in total. The summed E-state index contributed by atoms with van der Waals surface area (Å²) in [6.45, 7) is 3.89. The van der Waals surface area contributed by atoms with Crippen molar-refractivity contribution in [3.8, 4) is 10.6 Å². The molecule has 2 aromatic carbocycles. The van der Waals surface area contributed by atoms with Gasteiger partial charge in [-0.15, -0.1) is 11.3 Å². The van der Waals surface area contributed by atoms with Gasteiger partial charge >= 0.3 is 0 Å². The quantitative estimate of drug-likeness (QED) is 0.451. The predicted molar refractivity (Wildman–Crippen MR) is 106 cm³/mol. The van der Waals surface area contributed by atoms with Gasteiger partial charge in [-0.05, 0) is 38.1 Å². The normalized spacial score (nSPS) is 11.0. The lowest BCUT2D eigenvalue weighted by molar-refractivity contribution is 0.104. The second kappa shape index (κ2) is 7.64. The molecule has 0 saturated carbocycles. The molecule has 5 heteroatoms. The van der Waals surface area contributed by atoms with Crippen molar-refractivity contribution in [2.75, 3.05) is 5.32 Å². The molecule has 0 atom stereocenters. The summed E-state index contributed by atoms with van der Waals surface area (Å²) in [6.07, 6.45) is 3.19. The number of allylic oxidation sites excluding steroid dienone is 1. The van der Waals surface area contributed by atoms with Gasteiger partial charge in [0, 0.05) is 28.5 Å². The summed E-state index contributed by atoms with van der Waals surface area (Å²) >= 11 is 7.31. The van der Waals surface area contributed by atoms with Gasteiger partial charge in [-0.25, -0.2) is 4.98 Å². The lowest BCUT2D eigenvalue weighted by Gasteiger charge is -2.00. The highest BCUT2D eigenvalue weighted by atomic mass is 35.5. The number of aromatic nitrogens is 1. The largest absolute Gasteiger partial charge is 0.362 e. The molecule has 0 amide bonds. The van der Waals surface area contributed by atoms with Gasteiger partial charge in [-0.3, -0.25) is 4.79 Å². The van der Waals surface area contributed by atoms with E-state index < -0.39 is 0 Å². The van der Waals surface area contributed by atoms with E-state index in [1.165, 1.54) is 23.0 Å². The second-order valence-electron chi connectivity index (χ2n) is 5.65. The summed E-state index contributed by atoms with van der Waals surface area (Å²) in [5, 5.41) is 4.60. The third kappa shape index (κ3) is 4.35. The molecule has 3 rings (SSSR count). The molecule has 0 fully saturated rings. The van der Waals surface area contributed by atoms with E-state index in [2.05, 4.69) is 10.3 Å². The summed E-state index contributed by atoms with van der Waals surface area (Å²) in [5.41, 5.74) is 3.83. The zero-order chi connectivity index (χ0) is 17.8. The van der Waals surface area contributed by atoms with Crippen molar-refractivity contribution in [1.29, 1.82) is 0 Å². The predicted octanol–water partition coefficient (Wildman–Crippen LogP) is 5.89. The van der Waals surface area contributed by atoms with Gasteiger partial charge in [0.05, 0.1) is 10.6 Å². The Bertz CT molecular complexity index is 912. The summed E-state index contributed by atoms with van der Waals surface area (Å²) in [7, 11) is 0. The van der Waals surface area contributed by atoms with Crippen LogP contribution in [0.2, 0.25) is 5.02 Å². The van der Waals surface area contributed by atoms with Crippen LogP contribution in [0.1, 0.15) is 20.9 Å².